The van der Waals surface area contributed by atoms with Gasteiger partial charge in [-0.3, -0.25) is 4.90 Å². The first kappa shape index (κ1) is 25.2. The number of amides is 1. The second-order valence-electron chi connectivity index (χ2n) is 9.56. The summed E-state index contributed by atoms with van der Waals surface area (Å²) >= 11 is 0. The average Bonchev–Trinajstić information content (AvgIpc) is 2.89. The highest BCUT2D eigenvalue weighted by Gasteiger charge is 2.52. The number of quaternary nitrogens is 1. The predicted molar refractivity (Wildman–Crippen MR) is 137 cm³/mol. The molecular weight excluding hydrogens is 500 g/mol. The van der Waals surface area contributed by atoms with Crippen LogP contribution in [0.4, 0.5) is 10.5 Å². The number of nitrogens with zero attached hydrogens (tertiary/aromatic N) is 1. The van der Waals surface area contributed by atoms with Gasteiger partial charge in [0.2, 0.25) is 0 Å². The topological polar surface area (TPSA) is 34.0 Å². The fraction of sp³-hybridized carbons (Fsp3) is 0.300. The normalized spacial score (nSPS) is 23.0. The van der Waals surface area contributed by atoms with Gasteiger partial charge in [0.15, 0.2) is 5.60 Å². The Labute approximate surface area is 219 Å². The maximum absolute atomic E-state index is 13.8. The Morgan fingerprint density at radius 1 is 0.914 bits per heavy atom. The summed E-state index contributed by atoms with van der Waals surface area (Å²) in [4.78, 5) is 17.1. The van der Waals surface area contributed by atoms with E-state index < -0.39 is 5.60 Å². The Bertz CT molecular complexity index is 1100. The minimum atomic E-state index is -0.460. The van der Waals surface area contributed by atoms with Crippen molar-refractivity contribution in [1.29, 1.82) is 0 Å². The highest BCUT2D eigenvalue weighted by atomic mass is 79.9. The van der Waals surface area contributed by atoms with Crippen LogP contribution in [0.2, 0.25) is 0 Å². The molecule has 0 spiro atoms. The first-order valence-electron chi connectivity index (χ1n) is 12.4. The van der Waals surface area contributed by atoms with Crippen LogP contribution in [0.1, 0.15) is 30.4 Å². The van der Waals surface area contributed by atoms with Crippen molar-refractivity contribution in [1.82, 2.24) is 0 Å². The molecule has 5 heteroatoms. The van der Waals surface area contributed by atoms with Gasteiger partial charge in [-0.1, -0.05) is 91.0 Å². The molecule has 3 fully saturated rings. The van der Waals surface area contributed by atoms with Gasteiger partial charge < -0.3 is 26.6 Å². The number of nitrogens with one attached hydrogen (secondary N) is 1. The lowest BCUT2D eigenvalue weighted by atomic mass is 9.73. The van der Waals surface area contributed by atoms with Gasteiger partial charge in [0.05, 0.1) is 19.6 Å². The Balaban J connectivity index is 0.00000289. The second kappa shape index (κ2) is 11.7. The van der Waals surface area contributed by atoms with Crippen molar-refractivity contribution in [2.75, 3.05) is 24.5 Å². The van der Waals surface area contributed by atoms with E-state index in [9.17, 15) is 4.79 Å². The quantitative estimate of drug-likeness (QED) is 0.504. The smallest absolute Gasteiger partial charge is 0.415 e. The van der Waals surface area contributed by atoms with Crippen molar-refractivity contribution in [2.45, 2.75) is 31.4 Å². The fourth-order valence-corrected chi connectivity index (χ4v) is 5.52. The standard InChI is InChI=1S/C30H32N2O2.BrH/c33-29(32(28-16-8-3-9-17-28)23-26-13-6-2-7-14-26)34-30(24-31-21-18-27(30)19-22-31)20-10-15-25-11-4-1-5-12-25;/h1-17,27H,18-24H2;1H/t30-;/m0./s1. The highest BCUT2D eigenvalue weighted by molar-refractivity contribution is 5.87. The van der Waals surface area contributed by atoms with E-state index in [0.717, 1.165) is 37.1 Å². The number of hydrogen-bond acceptors (Lipinski definition) is 2. The van der Waals surface area contributed by atoms with E-state index in [-0.39, 0.29) is 23.1 Å². The second-order valence-corrected chi connectivity index (χ2v) is 9.56. The van der Waals surface area contributed by atoms with Crippen LogP contribution in [-0.4, -0.2) is 31.3 Å². The molecular formula is C30H33BrN2O2. The molecule has 0 aromatic heterocycles. The van der Waals surface area contributed by atoms with Gasteiger partial charge in [-0.25, -0.2) is 4.79 Å². The van der Waals surface area contributed by atoms with Crippen LogP contribution in [-0.2, 0) is 11.3 Å². The van der Waals surface area contributed by atoms with E-state index in [1.807, 2.05) is 54.6 Å². The number of piperidine rings is 3. The summed E-state index contributed by atoms with van der Waals surface area (Å²) in [6, 6.07) is 30.3. The van der Waals surface area contributed by atoms with E-state index in [1.165, 1.54) is 18.7 Å². The minimum absolute atomic E-state index is 0. The molecule has 6 rings (SSSR count). The summed E-state index contributed by atoms with van der Waals surface area (Å²) in [7, 11) is 0. The molecule has 1 atom stereocenters. The summed E-state index contributed by atoms with van der Waals surface area (Å²) in [5.41, 5.74) is 2.66. The van der Waals surface area contributed by atoms with Crippen molar-refractivity contribution < 1.29 is 31.4 Å². The molecule has 3 aromatic rings. The lowest BCUT2D eigenvalue weighted by Gasteiger charge is -2.49. The summed E-state index contributed by atoms with van der Waals surface area (Å²) in [6.07, 6.45) is 7.08. The number of fused-ring (bicyclic) bond motifs is 3. The van der Waals surface area contributed by atoms with Gasteiger partial charge in [-0.15, -0.1) is 0 Å². The van der Waals surface area contributed by atoms with Crippen LogP contribution in [0.3, 0.4) is 0 Å². The lowest BCUT2D eigenvalue weighted by Crippen LogP contribution is -3.17. The molecule has 1 N–H and O–H groups in total. The van der Waals surface area contributed by atoms with Crippen molar-refractivity contribution >= 4 is 17.9 Å². The number of ether oxygens (including phenoxy) is 1. The molecule has 3 heterocycles. The summed E-state index contributed by atoms with van der Waals surface area (Å²) in [5, 5.41) is 0. The van der Waals surface area contributed by atoms with E-state index in [2.05, 4.69) is 48.6 Å². The lowest BCUT2D eigenvalue weighted by molar-refractivity contribution is -0.925. The zero-order chi connectivity index (χ0) is 23.2. The monoisotopic (exact) mass is 532 g/mol. The molecule has 3 aromatic carbocycles. The van der Waals surface area contributed by atoms with Crippen LogP contribution >= 0.6 is 0 Å². The van der Waals surface area contributed by atoms with E-state index >= 15 is 0 Å². The molecule has 2 bridgehead atoms. The van der Waals surface area contributed by atoms with E-state index in [4.69, 9.17) is 4.74 Å². The molecule has 3 aliphatic heterocycles. The number of benzene rings is 3. The summed E-state index contributed by atoms with van der Waals surface area (Å²) in [5.74, 6) is 0.406. The third-order valence-electron chi connectivity index (χ3n) is 7.32. The molecule has 182 valence electrons. The molecule has 0 unspecified atom stereocenters. The van der Waals surface area contributed by atoms with E-state index in [1.54, 1.807) is 9.80 Å². The molecule has 0 aliphatic carbocycles. The van der Waals surface area contributed by atoms with Crippen molar-refractivity contribution in [3.8, 4) is 0 Å². The zero-order valence-electron chi connectivity index (χ0n) is 20.0. The van der Waals surface area contributed by atoms with Crippen LogP contribution < -0.4 is 26.8 Å². The van der Waals surface area contributed by atoms with Crippen molar-refractivity contribution in [3.05, 3.63) is 108 Å². The van der Waals surface area contributed by atoms with Crippen molar-refractivity contribution in [2.24, 2.45) is 5.92 Å². The largest absolute Gasteiger partial charge is 1.00 e. The fourth-order valence-electron chi connectivity index (χ4n) is 5.52. The molecule has 3 saturated heterocycles. The maximum Gasteiger partial charge on any atom is 0.415 e. The number of halogens is 1. The molecule has 35 heavy (non-hydrogen) atoms. The van der Waals surface area contributed by atoms with Crippen LogP contribution in [0.15, 0.2) is 97.1 Å². The van der Waals surface area contributed by atoms with Crippen LogP contribution in [0.5, 0.6) is 0 Å². The summed E-state index contributed by atoms with van der Waals surface area (Å²) < 4.78 is 6.55. The number of para-hydroxylation sites is 1. The maximum atomic E-state index is 13.8. The van der Waals surface area contributed by atoms with Gasteiger partial charge in [-0.05, 0) is 23.3 Å². The van der Waals surface area contributed by atoms with Gasteiger partial charge in [0, 0.05) is 30.9 Å². The number of rotatable bonds is 7. The molecule has 0 radical (unpaired) electrons. The first-order valence-corrected chi connectivity index (χ1v) is 12.4. The highest BCUT2D eigenvalue weighted by Crippen LogP contribution is 2.36. The average molecular weight is 534 g/mol. The third-order valence-corrected chi connectivity index (χ3v) is 7.32. The molecule has 4 nitrogen and oxygen atoms in total. The van der Waals surface area contributed by atoms with Gasteiger partial charge in [0.1, 0.15) is 6.54 Å². The van der Waals surface area contributed by atoms with Crippen molar-refractivity contribution in [3.63, 3.8) is 0 Å². The Hall–Kier alpha value is -2.89. The Morgan fingerprint density at radius 2 is 1.51 bits per heavy atom. The summed E-state index contributed by atoms with van der Waals surface area (Å²) in [6.45, 7) is 3.73. The van der Waals surface area contributed by atoms with Gasteiger partial charge >= 0.3 is 6.09 Å². The van der Waals surface area contributed by atoms with Gasteiger partial charge in [0.25, 0.3) is 0 Å². The number of carbonyl (C=O) groups excluding carboxylic acids is 1. The SMILES string of the molecule is O=C(O[C@@]1(CC=Cc2ccccc2)C[NH+]2CCC1CC2)N(Cc1ccccc1)c1ccccc1.[Br-]. The van der Waals surface area contributed by atoms with Crippen LogP contribution in [0, 0.1) is 5.92 Å². The number of anilines is 1. The van der Waals surface area contributed by atoms with E-state index in [0.29, 0.717) is 12.5 Å². The number of hydrogen-bond donors (Lipinski definition) is 1. The predicted octanol–water partition coefficient (Wildman–Crippen LogP) is 1.98. The molecule has 0 saturated carbocycles. The number of carbonyl (C=O) groups is 1. The van der Waals surface area contributed by atoms with Gasteiger partial charge in [-0.2, -0.15) is 0 Å². The molecule has 3 aliphatic rings. The third kappa shape index (κ3) is 6.03. The zero-order valence-corrected chi connectivity index (χ0v) is 21.6. The molecule has 1 amide bonds. The minimum Gasteiger partial charge on any atom is -1.00 e. The Kier molecular flexibility index (Phi) is 8.42. The van der Waals surface area contributed by atoms with Crippen LogP contribution in [0.25, 0.3) is 6.08 Å². The Morgan fingerprint density at radius 3 is 2.11 bits per heavy atom. The first-order chi connectivity index (χ1) is 16.7.